The average Bonchev–Trinajstić information content (AvgIpc) is 2.54. The van der Waals surface area contributed by atoms with Crippen LogP contribution in [0.4, 0.5) is 8.78 Å². The molecule has 0 radical (unpaired) electrons. The van der Waals surface area contributed by atoms with E-state index >= 15 is 0 Å². The van der Waals surface area contributed by atoms with Gasteiger partial charge in [0.2, 0.25) is 0 Å². The second-order valence-electron chi connectivity index (χ2n) is 3.35. The van der Waals surface area contributed by atoms with Crippen LogP contribution in [0.2, 0.25) is 0 Å². The number of imidazole rings is 1. The van der Waals surface area contributed by atoms with Gasteiger partial charge in [0.15, 0.2) is 16.8 Å². The molecule has 0 atom stereocenters. The Labute approximate surface area is 95.6 Å². The van der Waals surface area contributed by atoms with Crippen LogP contribution < -0.4 is 5.73 Å². The molecule has 0 unspecified atom stereocenters. The van der Waals surface area contributed by atoms with Crippen molar-refractivity contribution in [1.29, 1.82) is 0 Å². The van der Waals surface area contributed by atoms with Crippen LogP contribution in [-0.4, -0.2) is 21.8 Å². The van der Waals surface area contributed by atoms with Gasteiger partial charge in [0.05, 0.1) is 11.0 Å². The number of hydrogen-bond acceptors (Lipinski definition) is 3. The van der Waals surface area contributed by atoms with Crippen molar-refractivity contribution in [2.75, 3.05) is 12.3 Å². The minimum Gasteiger partial charge on any atom is -0.330 e. The van der Waals surface area contributed by atoms with Crippen molar-refractivity contribution >= 4 is 22.8 Å². The second kappa shape index (κ2) is 4.39. The van der Waals surface area contributed by atoms with Gasteiger partial charge in [0.1, 0.15) is 0 Å². The van der Waals surface area contributed by atoms with E-state index in [0.29, 0.717) is 22.7 Å². The van der Waals surface area contributed by atoms with Crippen LogP contribution in [0.15, 0.2) is 17.3 Å². The summed E-state index contributed by atoms with van der Waals surface area (Å²) in [6.07, 6.45) is 0. The van der Waals surface area contributed by atoms with Crippen molar-refractivity contribution in [2.24, 2.45) is 12.8 Å². The highest BCUT2D eigenvalue weighted by Crippen LogP contribution is 2.24. The SMILES string of the molecule is Cn1c(SCCN)nc2cc(F)c(F)cc21. The van der Waals surface area contributed by atoms with Gasteiger partial charge in [-0.2, -0.15) is 0 Å². The first-order valence-electron chi connectivity index (χ1n) is 4.78. The third-order valence-electron chi connectivity index (χ3n) is 2.23. The van der Waals surface area contributed by atoms with Crippen LogP contribution in [0.25, 0.3) is 11.0 Å². The molecule has 0 bridgehead atoms. The van der Waals surface area contributed by atoms with Gasteiger partial charge >= 0.3 is 0 Å². The number of rotatable bonds is 3. The molecule has 0 amide bonds. The van der Waals surface area contributed by atoms with E-state index in [1.807, 2.05) is 0 Å². The second-order valence-corrected chi connectivity index (χ2v) is 4.41. The summed E-state index contributed by atoms with van der Waals surface area (Å²) in [5, 5.41) is 0.713. The molecule has 6 heteroatoms. The molecule has 16 heavy (non-hydrogen) atoms. The van der Waals surface area contributed by atoms with Crippen molar-refractivity contribution < 1.29 is 8.78 Å². The molecular weight excluding hydrogens is 232 g/mol. The lowest BCUT2D eigenvalue weighted by Crippen LogP contribution is -2.02. The van der Waals surface area contributed by atoms with Gasteiger partial charge in [-0.3, -0.25) is 0 Å². The van der Waals surface area contributed by atoms with Crippen molar-refractivity contribution in [2.45, 2.75) is 5.16 Å². The van der Waals surface area contributed by atoms with Gasteiger partial charge in [0.25, 0.3) is 0 Å². The number of halogens is 2. The molecule has 0 saturated heterocycles. The minimum absolute atomic E-state index is 0.459. The summed E-state index contributed by atoms with van der Waals surface area (Å²) in [4.78, 5) is 4.22. The van der Waals surface area contributed by atoms with Crippen molar-refractivity contribution in [3.63, 3.8) is 0 Å². The van der Waals surface area contributed by atoms with Crippen molar-refractivity contribution in [3.05, 3.63) is 23.8 Å². The molecule has 0 spiro atoms. The monoisotopic (exact) mass is 243 g/mol. The Morgan fingerprint density at radius 2 is 2.06 bits per heavy atom. The molecule has 3 nitrogen and oxygen atoms in total. The van der Waals surface area contributed by atoms with Crippen LogP contribution in [0.3, 0.4) is 0 Å². The number of hydrogen-bond donors (Lipinski definition) is 1. The van der Waals surface area contributed by atoms with Crippen LogP contribution in [-0.2, 0) is 7.05 Å². The molecule has 0 aliphatic carbocycles. The molecule has 0 saturated carbocycles. The Balaban J connectivity index is 2.50. The number of fused-ring (bicyclic) bond motifs is 1. The lowest BCUT2D eigenvalue weighted by Gasteiger charge is -2.00. The molecule has 1 heterocycles. The minimum atomic E-state index is -0.874. The van der Waals surface area contributed by atoms with Gasteiger partial charge in [-0.25, -0.2) is 13.8 Å². The number of thioether (sulfide) groups is 1. The molecule has 86 valence electrons. The summed E-state index contributed by atoms with van der Waals surface area (Å²) < 4.78 is 27.8. The van der Waals surface area contributed by atoms with E-state index in [4.69, 9.17) is 5.73 Å². The largest absolute Gasteiger partial charge is 0.330 e. The zero-order valence-corrected chi connectivity index (χ0v) is 9.52. The number of benzene rings is 1. The molecule has 2 rings (SSSR count). The molecule has 2 aromatic rings. The first-order chi connectivity index (χ1) is 7.63. The average molecular weight is 243 g/mol. The Kier molecular flexibility index (Phi) is 3.11. The fraction of sp³-hybridized carbons (Fsp3) is 0.300. The van der Waals surface area contributed by atoms with E-state index in [9.17, 15) is 8.78 Å². The van der Waals surface area contributed by atoms with Gasteiger partial charge in [-0.1, -0.05) is 11.8 Å². The Bertz CT molecular complexity index is 524. The third kappa shape index (κ3) is 1.90. The van der Waals surface area contributed by atoms with Crippen molar-refractivity contribution in [1.82, 2.24) is 9.55 Å². The maximum Gasteiger partial charge on any atom is 0.168 e. The van der Waals surface area contributed by atoms with E-state index in [0.717, 1.165) is 17.9 Å². The maximum absolute atomic E-state index is 13.0. The van der Waals surface area contributed by atoms with Gasteiger partial charge in [0, 0.05) is 31.5 Å². The normalized spacial score (nSPS) is 11.2. The highest BCUT2D eigenvalue weighted by atomic mass is 32.2. The molecule has 0 aliphatic rings. The molecule has 1 aromatic heterocycles. The summed E-state index contributed by atoms with van der Waals surface area (Å²) in [5.41, 5.74) is 6.43. The predicted octanol–water partition coefficient (Wildman–Crippen LogP) is 1.90. The zero-order chi connectivity index (χ0) is 11.7. The summed E-state index contributed by atoms with van der Waals surface area (Å²) in [7, 11) is 1.77. The number of aromatic nitrogens is 2. The summed E-state index contributed by atoms with van der Waals surface area (Å²) >= 11 is 1.47. The van der Waals surface area contributed by atoms with Crippen molar-refractivity contribution in [3.8, 4) is 0 Å². The van der Waals surface area contributed by atoms with Gasteiger partial charge < -0.3 is 10.3 Å². The van der Waals surface area contributed by atoms with Crippen LogP contribution in [0.5, 0.6) is 0 Å². The van der Waals surface area contributed by atoms with Crippen LogP contribution in [0, 0.1) is 11.6 Å². The number of nitrogens with two attached hydrogens (primary N) is 1. The summed E-state index contributed by atoms with van der Waals surface area (Å²) in [5.74, 6) is -1.01. The lowest BCUT2D eigenvalue weighted by atomic mass is 10.3. The van der Waals surface area contributed by atoms with E-state index in [-0.39, 0.29) is 0 Å². The van der Waals surface area contributed by atoms with E-state index in [2.05, 4.69) is 4.98 Å². The highest BCUT2D eigenvalue weighted by Gasteiger charge is 2.11. The lowest BCUT2D eigenvalue weighted by molar-refractivity contribution is 0.510. The Hall–Kier alpha value is -1.14. The topological polar surface area (TPSA) is 43.8 Å². The van der Waals surface area contributed by atoms with Gasteiger partial charge in [-0.05, 0) is 0 Å². The maximum atomic E-state index is 13.0. The van der Waals surface area contributed by atoms with Gasteiger partial charge in [-0.15, -0.1) is 0 Å². The molecule has 2 N–H and O–H groups in total. The summed E-state index contributed by atoms with van der Waals surface area (Å²) in [6.45, 7) is 0.538. The fourth-order valence-electron chi connectivity index (χ4n) is 1.44. The van der Waals surface area contributed by atoms with E-state index < -0.39 is 11.6 Å². The van der Waals surface area contributed by atoms with E-state index in [1.165, 1.54) is 11.8 Å². The molecule has 1 aromatic carbocycles. The Morgan fingerprint density at radius 1 is 1.38 bits per heavy atom. The quantitative estimate of drug-likeness (QED) is 0.837. The molecule has 0 aliphatic heterocycles. The smallest absolute Gasteiger partial charge is 0.168 e. The first kappa shape index (κ1) is 11.3. The standard InChI is InChI=1S/C10H11F2N3S/c1-15-9-5-7(12)6(11)4-8(9)14-10(15)16-3-2-13/h4-5H,2-3,13H2,1H3. The fourth-order valence-corrected chi connectivity index (χ4v) is 2.20. The zero-order valence-electron chi connectivity index (χ0n) is 8.70. The summed E-state index contributed by atoms with van der Waals surface area (Å²) in [6, 6.07) is 2.27. The molecule has 0 fully saturated rings. The Morgan fingerprint density at radius 3 is 2.75 bits per heavy atom. The van der Waals surface area contributed by atoms with Crippen LogP contribution >= 0.6 is 11.8 Å². The van der Waals surface area contributed by atoms with Crippen LogP contribution in [0.1, 0.15) is 0 Å². The number of nitrogens with zero attached hydrogens (tertiary/aromatic N) is 2. The predicted molar refractivity (Wildman–Crippen MR) is 60.4 cm³/mol. The van der Waals surface area contributed by atoms with E-state index in [1.54, 1.807) is 11.6 Å². The third-order valence-corrected chi connectivity index (χ3v) is 3.29. The highest BCUT2D eigenvalue weighted by molar-refractivity contribution is 7.99. The number of aryl methyl sites for hydroxylation is 1. The molecular formula is C10H11F2N3S. The first-order valence-corrected chi connectivity index (χ1v) is 5.76.